The average molecular weight is 432 g/mol. The lowest BCUT2D eigenvalue weighted by Gasteiger charge is -2.12. The van der Waals surface area contributed by atoms with Crippen LogP contribution in [0, 0.1) is 5.82 Å². The van der Waals surface area contributed by atoms with Crippen molar-refractivity contribution in [2.24, 2.45) is 5.73 Å². The highest BCUT2D eigenvalue weighted by molar-refractivity contribution is 8.15. The van der Waals surface area contributed by atoms with E-state index in [2.05, 4.69) is 5.32 Å². The number of esters is 1. The van der Waals surface area contributed by atoms with Gasteiger partial charge in [-0.25, -0.2) is 4.39 Å². The molecule has 2 amide bonds. The standard InChI is InChI=1S/C21H21FN2O5S/c1-2-28-20(26)16(23)10-12-3-6-14(7-4-12)29-17-8-5-13(9-15(17)22)11-18-19(25)24-21(27)30-18/h3-9,16,18H,2,10-11,23H2,1H3,(H,24,25,27). The third-order valence-electron chi connectivity index (χ3n) is 4.38. The van der Waals surface area contributed by atoms with E-state index in [-0.39, 0.29) is 24.7 Å². The number of halogens is 1. The predicted octanol–water partition coefficient (Wildman–Crippen LogP) is 2.95. The van der Waals surface area contributed by atoms with Gasteiger partial charge in [-0.2, -0.15) is 0 Å². The Labute approximate surface area is 177 Å². The molecule has 2 aromatic carbocycles. The molecular weight excluding hydrogens is 411 g/mol. The van der Waals surface area contributed by atoms with Crippen molar-refractivity contribution in [1.82, 2.24) is 5.32 Å². The molecule has 0 radical (unpaired) electrons. The Morgan fingerprint density at radius 2 is 1.90 bits per heavy atom. The minimum Gasteiger partial charge on any atom is -0.465 e. The smallest absolute Gasteiger partial charge is 0.323 e. The van der Waals surface area contributed by atoms with E-state index in [9.17, 15) is 18.8 Å². The maximum absolute atomic E-state index is 14.4. The summed E-state index contributed by atoms with van der Waals surface area (Å²) in [6.45, 7) is 1.99. The van der Waals surface area contributed by atoms with Gasteiger partial charge in [-0.3, -0.25) is 19.7 Å². The minimum absolute atomic E-state index is 0.0364. The molecule has 3 N–H and O–H groups in total. The molecule has 0 bridgehead atoms. The molecule has 1 heterocycles. The van der Waals surface area contributed by atoms with Gasteiger partial charge in [-0.15, -0.1) is 0 Å². The fraction of sp³-hybridized carbons (Fsp3) is 0.286. The second-order valence-electron chi connectivity index (χ2n) is 6.66. The molecule has 1 fully saturated rings. The first-order valence-corrected chi connectivity index (χ1v) is 10.2. The Kier molecular flexibility index (Phi) is 7.07. The Morgan fingerprint density at radius 1 is 1.20 bits per heavy atom. The zero-order valence-electron chi connectivity index (χ0n) is 16.2. The van der Waals surface area contributed by atoms with Crippen LogP contribution in [0.5, 0.6) is 11.5 Å². The number of carbonyl (C=O) groups excluding carboxylic acids is 3. The van der Waals surface area contributed by atoms with E-state index < -0.39 is 28.3 Å². The number of nitrogens with two attached hydrogens (primary N) is 1. The third-order valence-corrected chi connectivity index (χ3v) is 5.36. The molecule has 2 unspecified atom stereocenters. The molecule has 9 heteroatoms. The van der Waals surface area contributed by atoms with Crippen LogP contribution in [0.1, 0.15) is 18.1 Å². The van der Waals surface area contributed by atoms with E-state index in [0.29, 0.717) is 17.7 Å². The summed E-state index contributed by atoms with van der Waals surface area (Å²) in [6, 6.07) is 10.5. The number of amides is 2. The van der Waals surface area contributed by atoms with Gasteiger partial charge in [-0.05, 0) is 55.2 Å². The molecule has 0 aromatic heterocycles. The minimum atomic E-state index is -0.753. The summed E-state index contributed by atoms with van der Waals surface area (Å²) in [5.74, 6) is -0.942. The molecule has 1 aliphatic heterocycles. The van der Waals surface area contributed by atoms with Gasteiger partial charge >= 0.3 is 5.97 Å². The van der Waals surface area contributed by atoms with Crippen molar-refractivity contribution in [1.29, 1.82) is 0 Å². The Bertz CT molecular complexity index is 951. The highest BCUT2D eigenvalue weighted by Gasteiger charge is 2.31. The maximum atomic E-state index is 14.4. The average Bonchev–Trinajstić information content (AvgIpc) is 3.02. The predicted molar refractivity (Wildman–Crippen MR) is 110 cm³/mol. The monoisotopic (exact) mass is 432 g/mol. The van der Waals surface area contributed by atoms with Crippen molar-refractivity contribution in [3.8, 4) is 11.5 Å². The van der Waals surface area contributed by atoms with E-state index in [1.807, 2.05) is 0 Å². The lowest BCUT2D eigenvalue weighted by atomic mass is 10.1. The van der Waals surface area contributed by atoms with Gasteiger partial charge in [0.2, 0.25) is 5.91 Å². The topological polar surface area (TPSA) is 108 Å². The molecule has 1 aliphatic rings. The van der Waals surface area contributed by atoms with Gasteiger partial charge in [0.05, 0.1) is 11.9 Å². The van der Waals surface area contributed by atoms with Crippen LogP contribution in [0.3, 0.4) is 0 Å². The zero-order valence-corrected chi connectivity index (χ0v) is 17.0. The van der Waals surface area contributed by atoms with Gasteiger partial charge in [0, 0.05) is 0 Å². The molecule has 1 saturated heterocycles. The fourth-order valence-electron chi connectivity index (χ4n) is 2.90. The molecule has 30 heavy (non-hydrogen) atoms. The number of nitrogens with one attached hydrogen (secondary N) is 1. The van der Waals surface area contributed by atoms with Gasteiger partial charge in [0.15, 0.2) is 11.6 Å². The van der Waals surface area contributed by atoms with Crippen LogP contribution < -0.4 is 15.8 Å². The number of hydrogen-bond acceptors (Lipinski definition) is 7. The number of ether oxygens (including phenoxy) is 2. The van der Waals surface area contributed by atoms with Gasteiger partial charge in [0.1, 0.15) is 11.8 Å². The first-order chi connectivity index (χ1) is 14.4. The number of benzene rings is 2. The van der Waals surface area contributed by atoms with Crippen molar-refractivity contribution in [3.05, 3.63) is 59.4 Å². The number of hydrogen-bond donors (Lipinski definition) is 2. The van der Waals surface area contributed by atoms with Crippen LogP contribution in [-0.2, 0) is 27.2 Å². The summed E-state index contributed by atoms with van der Waals surface area (Å²) in [4.78, 5) is 34.5. The van der Waals surface area contributed by atoms with Crippen LogP contribution in [0.25, 0.3) is 0 Å². The van der Waals surface area contributed by atoms with E-state index in [0.717, 1.165) is 17.3 Å². The fourth-order valence-corrected chi connectivity index (χ4v) is 3.76. The summed E-state index contributed by atoms with van der Waals surface area (Å²) in [5, 5.41) is 1.26. The van der Waals surface area contributed by atoms with Crippen LogP contribution in [-0.4, -0.2) is 35.0 Å². The van der Waals surface area contributed by atoms with Crippen LogP contribution in [0.15, 0.2) is 42.5 Å². The molecule has 0 spiro atoms. The molecule has 158 valence electrons. The summed E-state index contributed by atoms with van der Waals surface area (Å²) in [6.07, 6.45) is 0.562. The summed E-state index contributed by atoms with van der Waals surface area (Å²) >= 11 is 0.900. The maximum Gasteiger partial charge on any atom is 0.323 e. The highest BCUT2D eigenvalue weighted by atomic mass is 32.2. The number of rotatable bonds is 8. The largest absolute Gasteiger partial charge is 0.465 e. The van der Waals surface area contributed by atoms with Gasteiger partial charge in [-0.1, -0.05) is 30.0 Å². The van der Waals surface area contributed by atoms with Crippen molar-refractivity contribution in [2.45, 2.75) is 31.1 Å². The first-order valence-electron chi connectivity index (χ1n) is 9.34. The van der Waals surface area contributed by atoms with E-state index >= 15 is 0 Å². The highest BCUT2D eigenvalue weighted by Crippen LogP contribution is 2.28. The molecule has 7 nitrogen and oxygen atoms in total. The molecule has 0 saturated carbocycles. The third kappa shape index (κ3) is 5.58. The van der Waals surface area contributed by atoms with E-state index in [1.54, 1.807) is 37.3 Å². The molecular formula is C21H21FN2O5S. The van der Waals surface area contributed by atoms with Gasteiger partial charge < -0.3 is 15.2 Å². The van der Waals surface area contributed by atoms with Crippen LogP contribution >= 0.6 is 11.8 Å². The Morgan fingerprint density at radius 3 is 2.50 bits per heavy atom. The normalized spacial score (nSPS) is 16.8. The summed E-state index contributed by atoms with van der Waals surface area (Å²) < 4.78 is 24.9. The Hall–Kier alpha value is -2.91. The summed E-state index contributed by atoms with van der Waals surface area (Å²) in [5.41, 5.74) is 7.21. The van der Waals surface area contributed by atoms with E-state index in [4.69, 9.17) is 15.2 Å². The summed E-state index contributed by atoms with van der Waals surface area (Å²) in [7, 11) is 0. The lowest BCUT2D eigenvalue weighted by molar-refractivity contribution is -0.144. The number of carbonyl (C=O) groups is 3. The second kappa shape index (κ2) is 9.73. The zero-order chi connectivity index (χ0) is 21.7. The second-order valence-corrected chi connectivity index (χ2v) is 7.84. The quantitative estimate of drug-likeness (QED) is 0.618. The molecule has 3 rings (SSSR count). The van der Waals surface area contributed by atoms with Crippen molar-refractivity contribution in [3.63, 3.8) is 0 Å². The molecule has 0 aliphatic carbocycles. The Balaban J connectivity index is 1.60. The van der Waals surface area contributed by atoms with Crippen LogP contribution in [0.2, 0.25) is 0 Å². The first kappa shape index (κ1) is 21.8. The van der Waals surface area contributed by atoms with Crippen molar-refractivity contribution >= 4 is 28.9 Å². The van der Waals surface area contributed by atoms with E-state index in [1.165, 1.54) is 12.1 Å². The van der Waals surface area contributed by atoms with Crippen molar-refractivity contribution < 1.29 is 28.2 Å². The lowest BCUT2D eigenvalue weighted by Crippen LogP contribution is -2.34. The molecule has 2 aromatic rings. The van der Waals surface area contributed by atoms with Crippen LogP contribution in [0.4, 0.5) is 9.18 Å². The number of thioether (sulfide) groups is 1. The number of imide groups is 1. The van der Waals surface area contributed by atoms with Crippen molar-refractivity contribution in [2.75, 3.05) is 6.61 Å². The molecule has 2 atom stereocenters. The van der Waals surface area contributed by atoms with Gasteiger partial charge in [0.25, 0.3) is 5.24 Å². The SMILES string of the molecule is CCOC(=O)C(N)Cc1ccc(Oc2ccc(CC3SC(=O)NC3=O)cc2F)cc1.